The van der Waals surface area contributed by atoms with Crippen LogP contribution in [-0.2, 0) is 14.4 Å². The van der Waals surface area contributed by atoms with Gasteiger partial charge in [0.05, 0.1) is 28.2 Å². The van der Waals surface area contributed by atoms with E-state index in [0.717, 1.165) is 21.7 Å². The highest BCUT2D eigenvalue weighted by atomic mass is 32.1. The summed E-state index contributed by atoms with van der Waals surface area (Å²) in [5.74, 6) is -1.61. The lowest BCUT2D eigenvalue weighted by molar-refractivity contribution is -0.145. The number of rotatable bonds is 8. The third-order valence-electron chi connectivity index (χ3n) is 7.59. The van der Waals surface area contributed by atoms with Gasteiger partial charge in [0.15, 0.2) is 5.67 Å². The summed E-state index contributed by atoms with van der Waals surface area (Å²) in [6.07, 6.45) is -0.516. The summed E-state index contributed by atoms with van der Waals surface area (Å²) in [5.41, 5.74) is 2.11. The van der Waals surface area contributed by atoms with Crippen LogP contribution in [0.15, 0.2) is 29.8 Å². The maximum absolute atomic E-state index is 14.4. The Kier molecular flexibility index (Phi) is 8.19. The zero-order valence-corrected chi connectivity index (χ0v) is 24.3. The summed E-state index contributed by atoms with van der Waals surface area (Å²) >= 11 is 1.58. The number of halogens is 1. The van der Waals surface area contributed by atoms with Gasteiger partial charge in [-0.15, -0.1) is 11.3 Å². The molecule has 1 aliphatic carbocycles. The molecular weight excluding hydrogens is 519 g/mol. The number of carbonyl (C=O) groups is 3. The van der Waals surface area contributed by atoms with Gasteiger partial charge in [0.2, 0.25) is 11.8 Å². The Morgan fingerprint density at radius 3 is 2.31 bits per heavy atom. The van der Waals surface area contributed by atoms with Crippen molar-refractivity contribution in [2.45, 2.75) is 90.7 Å². The minimum atomic E-state index is -1.93. The zero-order chi connectivity index (χ0) is 28.7. The summed E-state index contributed by atoms with van der Waals surface area (Å²) in [5, 5.41) is 16.1. The monoisotopic (exact) mass is 558 g/mol. The number of nitrogens with zero attached hydrogens (tertiary/aromatic N) is 2. The van der Waals surface area contributed by atoms with E-state index < -0.39 is 41.1 Å². The van der Waals surface area contributed by atoms with Crippen molar-refractivity contribution >= 4 is 29.1 Å². The second kappa shape index (κ2) is 11.0. The molecule has 8 nitrogen and oxygen atoms in total. The molecule has 2 fully saturated rings. The van der Waals surface area contributed by atoms with Crippen LogP contribution in [-0.4, -0.2) is 63.1 Å². The standard InChI is InChI=1S/C29H39FN4O4S/c1-16(2)22(18-7-9-19(10-8-18)23-17(3)31-15-39-23)32-25(36)21-13-20(35)14-34(21)26(37)24(28(4,5)6)33-27(38)29(30)11-12-29/h7-10,15-16,20-22,24,35H,11-14H2,1-6H3,(H,32,36)(H,33,38). The fourth-order valence-corrected chi connectivity index (χ4v) is 5.83. The summed E-state index contributed by atoms with van der Waals surface area (Å²) in [6.45, 7) is 11.3. The number of likely N-dealkylation sites (tertiary alicyclic amines) is 1. The van der Waals surface area contributed by atoms with Gasteiger partial charge in [0.1, 0.15) is 12.1 Å². The summed E-state index contributed by atoms with van der Waals surface area (Å²) < 4.78 is 14.4. The highest BCUT2D eigenvalue weighted by molar-refractivity contribution is 7.13. The molecule has 2 aliphatic rings. The van der Waals surface area contributed by atoms with Crippen molar-refractivity contribution in [2.75, 3.05) is 6.54 Å². The molecule has 2 aromatic rings. The van der Waals surface area contributed by atoms with Crippen molar-refractivity contribution in [3.8, 4) is 10.4 Å². The van der Waals surface area contributed by atoms with Crippen LogP contribution in [0, 0.1) is 18.3 Å². The van der Waals surface area contributed by atoms with E-state index in [4.69, 9.17) is 0 Å². The molecule has 2 heterocycles. The average Bonchev–Trinajstić information content (AvgIpc) is 3.28. The Morgan fingerprint density at radius 2 is 1.79 bits per heavy atom. The van der Waals surface area contributed by atoms with Crippen LogP contribution in [0.1, 0.15) is 71.2 Å². The number of β-amino-alcohol motifs (C(OH)–C–C–N with tert-alkyl or cyclic N) is 1. The highest BCUT2D eigenvalue weighted by Gasteiger charge is 2.53. The number of hydrogen-bond acceptors (Lipinski definition) is 6. The fraction of sp³-hybridized carbons (Fsp3) is 0.586. The van der Waals surface area contributed by atoms with Crippen LogP contribution in [0.4, 0.5) is 4.39 Å². The Hall–Kier alpha value is -2.85. The van der Waals surface area contributed by atoms with Crippen molar-refractivity contribution in [1.29, 1.82) is 0 Å². The van der Waals surface area contributed by atoms with Crippen LogP contribution in [0.25, 0.3) is 10.4 Å². The zero-order valence-electron chi connectivity index (χ0n) is 23.5. The number of benzene rings is 1. The number of aryl methyl sites for hydroxylation is 1. The maximum atomic E-state index is 14.4. The van der Waals surface area contributed by atoms with Crippen molar-refractivity contribution in [1.82, 2.24) is 20.5 Å². The number of aromatic nitrogens is 1. The highest BCUT2D eigenvalue weighted by Crippen LogP contribution is 2.40. The molecule has 39 heavy (non-hydrogen) atoms. The van der Waals surface area contributed by atoms with E-state index in [1.165, 1.54) is 4.90 Å². The van der Waals surface area contributed by atoms with Crippen LogP contribution in [0.5, 0.6) is 0 Å². The van der Waals surface area contributed by atoms with E-state index in [1.807, 2.05) is 50.5 Å². The van der Waals surface area contributed by atoms with E-state index in [9.17, 15) is 23.9 Å². The fourth-order valence-electron chi connectivity index (χ4n) is 5.02. The molecule has 0 radical (unpaired) electrons. The molecule has 1 saturated heterocycles. The van der Waals surface area contributed by atoms with Crippen molar-refractivity contribution < 1.29 is 23.9 Å². The van der Waals surface area contributed by atoms with Gasteiger partial charge in [-0.05, 0) is 42.2 Å². The first-order valence-corrected chi connectivity index (χ1v) is 14.4. The molecule has 10 heteroatoms. The molecule has 1 saturated carbocycles. The Balaban J connectivity index is 1.51. The number of alkyl halides is 1. The number of carbonyl (C=O) groups excluding carboxylic acids is 3. The molecule has 212 valence electrons. The van der Waals surface area contributed by atoms with E-state index in [-0.39, 0.29) is 43.7 Å². The first-order valence-electron chi connectivity index (χ1n) is 13.5. The average molecular weight is 559 g/mol. The lowest BCUT2D eigenvalue weighted by atomic mass is 9.85. The SMILES string of the molecule is Cc1ncsc1-c1ccc(C(NC(=O)C2CC(O)CN2C(=O)C(NC(=O)C2(F)CC2)C(C)(C)C)C(C)C)cc1. The van der Waals surface area contributed by atoms with Crippen LogP contribution in [0.2, 0.25) is 0 Å². The molecule has 0 bridgehead atoms. The maximum Gasteiger partial charge on any atom is 0.258 e. The van der Waals surface area contributed by atoms with E-state index in [1.54, 1.807) is 32.1 Å². The topological polar surface area (TPSA) is 112 Å². The Morgan fingerprint density at radius 1 is 1.15 bits per heavy atom. The normalized spacial score (nSPS) is 21.9. The number of thiazole rings is 1. The largest absolute Gasteiger partial charge is 0.391 e. The van der Waals surface area contributed by atoms with E-state index >= 15 is 0 Å². The van der Waals surface area contributed by atoms with Gasteiger partial charge < -0.3 is 20.6 Å². The number of nitrogens with one attached hydrogen (secondary N) is 2. The third-order valence-corrected chi connectivity index (χ3v) is 8.57. The quantitative estimate of drug-likeness (QED) is 0.455. The molecule has 4 unspecified atom stereocenters. The van der Waals surface area contributed by atoms with Crippen LogP contribution in [0.3, 0.4) is 0 Å². The predicted octanol–water partition coefficient (Wildman–Crippen LogP) is 3.93. The number of aliphatic hydroxyl groups excluding tert-OH is 1. The molecule has 4 atom stereocenters. The van der Waals surface area contributed by atoms with Gasteiger partial charge in [-0.2, -0.15) is 0 Å². The molecular formula is C29H39FN4O4S. The summed E-state index contributed by atoms with van der Waals surface area (Å²) in [7, 11) is 0. The van der Waals surface area contributed by atoms with E-state index in [2.05, 4.69) is 15.6 Å². The molecule has 1 aromatic carbocycles. The molecule has 0 spiro atoms. The third kappa shape index (κ3) is 6.32. The number of aliphatic hydroxyl groups is 1. The second-order valence-corrected chi connectivity index (χ2v) is 13.1. The van der Waals surface area contributed by atoms with Crippen LogP contribution < -0.4 is 10.6 Å². The lowest BCUT2D eigenvalue weighted by Gasteiger charge is -2.36. The first kappa shape index (κ1) is 29.1. The molecule has 3 amide bonds. The molecule has 3 N–H and O–H groups in total. The second-order valence-electron chi connectivity index (χ2n) is 12.3. The number of hydrogen-bond donors (Lipinski definition) is 3. The van der Waals surface area contributed by atoms with E-state index in [0.29, 0.717) is 0 Å². The van der Waals surface area contributed by atoms with Gasteiger partial charge in [0, 0.05) is 13.0 Å². The minimum Gasteiger partial charge on any atom is -0.391 e. The number of amides is 3. The first-order chi connectivity index (χ1) is 18.2. The van der Waals surface area contributed by atoms with Crippen LogP contribution >= 0.6 is 11.3 Å². The lowest BCUT2D eigenvalue weighted by Crippen LogP contribution is -2.59. The summed E-state index contributed by atoms with van der Waals surface area (Å²) in [6, 6.07) is 5.74. The predicted molar refractivity (Wildman–Crippen MR) is 149 cm³/mol. The van der Waals surface area contributed by atoms with Crippen molar-refractivity contribution in [3.63, 3.8) is 0 Å². The minimum absolute atomic E-state index is 0.0324. The van der Waals surface area contributed by atoms with Gasteiger partial charge in [0.25, 0.3) is 5.91 Å². The Bertz CT molecular complexity index is 1220. The molecule has 1 aliphatic heterocycles. The van der Waals surface area contributed by atoms with Gasteiger partial charge in [-0.1, -0.05) is 58.9 Å². The van der Waals surface area contributed by atoms with Gasteiger partial charge >= 0.3 is 0 Å². The smallest absolute Gasteiger partial charge is 0.258 e. The molecule has 1 aromatic heterocycles. The van der Waals surface area contributed by atoms with Crippen molar-refractivity contribution in [3.05, 3.63) is 41.0 Å². The van der Waals surface area contributed by atoms with Gasteiger partial charge in [-0.25, -0.2) is 9.37 Å². The summed E-state index contributed by atoms with van der Waals surface area (Å²) in [4.78, 5) is 46.5. The Labute approximate surface area is 233 Å². The molecule has 4 rings (SSSR count). The van der Waals surface area contributed by atoms with Crippen molar-refractivity contribution in [2.24, 2.45) is 11.3 Å². The van der Waals surface area contributed by atoms with Gasteiger partial charge in [-0.3, -0.25) is 14.4 Å².